The zero-order valence-corrected chi connectivity index (χ0v) is 11.4. The van der Waals surface area contributed by atoms with Gasteiger partial charge in [0.1, 0.15) is 0 Å². The number of hydrogen-bond donors (Lipinski definition) is 1. The van der Waals surface area contributed by atoms with Crippen LogP contribution in [0.25, 0.3) is 0 Å². The van der Waals surface area contributed by atoms with E-state index >= 15 is 0 Å². The van der Waals surface area contributed by atoms with Gasteiger partial charge in [0.15, 0.2) is 0 Å². The Balaban J connectivity index is 1.66. The zero-order chi connectivity index (χ0) is 13.1. The molecule has 1 heterocycles. The lowest BCUT2D eigenvalue weighted by Gasteiger charge is -2.45. The quantitative estimate of drug-likeness (QED) is 0.916. The molecular formula is C14H17NO3S. The Morgan fingerprint density at radius 3 is 2.53 bits per heavy atom. The fourth-order valence-electron chi connectivity index (χ4n) is 3.68. The average Bonchev–Trinajstić information content (AvgIpc) is 2.94. The molecule has 2 aliphatic carbocycles. The predicted molar refractivity (Wildman–Crippen MR) is 70.1 cm³/mol. The molecule has 3 aliphatic rings. The van der Waals surface area contributed by atoms with Crippen molar-refractivity contribution in [2.75, 3.05) is 6.61 Å². The van der Waals surface area contributed by atoms with Gasteiger partial charge in [-0.05, 0) is 37.8 Å². The molecule has 0 amide bonds. The van der Waals surface area contributed by atoms with E-state index in [4.69, 9.17) is 4.74 Å². The summed E-state index contributed by atoms with van der Waals surface area (Å²) in [5, 5.41) is 0. The van der Waals surface area contributed by atoms with Crippen LogP contribution in [0.1, 0.15) is 25.7 Å². The molecule has 2 saturated carbocycles. The van der Waals surface area contributed by atoms with Crippen LogP contribution in [0, 0.1) is 5.92 Å². The third-order valence-corrected chi connectivity index (χ3v) is 6.54. The van der Waals surface area contributed by atoms with Gasteiger partial charge in [-0.25, -0.2) is 13.1 Å². The monoisotopic (exact) mass is 279 g/mol. The standard InChI is InChI=1S/C14H17NO3S/c16-19(17,12-5-2-1-3-6-12)15-14-9-11(14)10-18-13(14)7-4-8-13/h1-3,5-6,11,15H,4,7-10H2/t11-,14+/m1/s1. The number of ether oxygens (including phenoxy) is 1. The molecule has 2 atom stereocenters. The average molecular weight is 279 g/mol. The van der Waals surface area contributed by atoms with Crippen molar-refractivity contribution in [2.45, 2.75) is 41.7 Å². The van der Waals surface area contributed by atoms with Gasteiger partial charge in [-0.2, -0.15) is 0 Å². The first-order valence-corrected chi connectivity index (χ1v) is 8.29. The van der Waals surface area contributed by atoms with Gasteiger partial charge in [-0.1, -0.05) is 18.2 Å². The normalized spacial score (nSPS) is 34.8. The summed E-state index contributed by atoms with van der Waals surface area (Å²) in [4.78, 5) is 0.344. The van der Waals surface area contributed by atoms with Crippen molar-refractivity contribution < 1.29 is 13.2 Å². The fourth-order valence-corrected chi connectivity index (χ4v) is 5.23. The Labute approximate surface area is 113 Å². The van der Waals surface area contributed by atoms with E-state index in [9.17, 15) is 8.42 Å². The minimum atomic E-state index is -3.44. The lowest BCUT2D eigenvalue weighted by Crippen LogP contribution is -2.58. The maximum Gasteiger partial charge on any atom is 0.241 e. The van der Waals surface area contributed by atoms with Gasteiger partial charge >= 0.3 is 0 Å². The van der Waals surface area contributed by atoms with Crippen LogP contribution in [0.15, 0.2) is 35.2 Å². The molecule has 0 aromatic heterocycles. The first-order chi connectivity index (χ1) is 9.08. The van der Waals surface area contributed by atoms with Gasteiger partial charge in [0.25, 0.3) is 0 Å². The fraction of sp³-hybridized carbons (Fsp3) is 0.571. The summed E-state index contributed by atoms with van der Waals surface area (Å²) in [6.45, 7) is 0.706. The second-order valence-corrected chi connectivity index (χ2v) is 7.63. The number of benzene rings is 1. The summed E-state index contributed by atoms with van der Waals surface area (Å²) >= 11 is 0. The van der Waals surface area contributed by atoms with Crippen molar-refractivity contribution in [3.8, 4) is 0 Å². The second-order valence-electron chi connectivity index (χ2n) is 5.95. The summed E-state index contributed by atoms with van der Waals surface area (Å²) in [5.41, 5.74) is -0.528. The van der Waals surface area contributed by atoms with Gasteiger partial charge in [-0.15, -0.1) is 0 Å². The lowest BCUT2D eigenvalue weighted by atomic mass is 9.73. The molecule has 1 N–H and O–H groups in total. The third-order valence-electron chi connectivity index (χ3n) is 5.01. The van der Waals surface area contributed by atoms with Crippen molar-refractivity contribution in [1.82, 2.24) is 4.72 Å². The number of fused-ring (bicyclic) bond motifs is 2. The van der Waals surface area contributed by atoms with E-state index in [-0.39, 0.29) is 11.1 Å². The Morgan fingerprint density at radius 1 is 1.21 bits per heavy atom. The molecule has 4 nitrogen and oxygen atoms in total. The summed E-state index contributed by atoms with van der Waals surface area (Å²) in [6, 6.07) is 8.60. The number of hydrogen-bond acceptors (Lipinski definition) is 3. The van der Waals surface area contributed by atoms with Crippen LogP contribution in [0.4, 0.5) is 0 Å². The Morgan fingerprint density at radius 2 is 1.95 bits per heavy atom. The largest absolute Gasteiger partial charge is 0.373 e. The second kappa shape index (κ2) is 3.59. The van der Waals surface area contributed by atoms with Gasteiger partial charge in [0.05, 0.1) is 22.6 Å². The first kappa shape index (κ1) is 11.9. The van der Waals surface area contributed by atoms with E-state index in [0.29, 0.717) is 17.4 Å². The highest BCUT2D eigenvalue weighted by atomic mass is 32.2. The van der Waals surface area contributed by atoms with Crippen LogP contribution in [-0.4, -0.2) is 26.2 Å². The van der Waals surface area contributed by atoms with E-state index in [0.717, 1.165) is 25.7 Å². The maximum absolute atomic E-state index is 12.5. The highest BCUT2D eigenvalue weighted by Crippen LogP contribution is 2.65. The number of sulfonamides is 1. The van der Waals surface area contributed by atoms with E-state index < -0.39 is 10.0 Å². The SMILES string of the molecule is O=S(=O)(N[C@@]12C[C@@H]1COC21CCC1)c1ccccc1. The molecule has 5 heteroatoms. The zero-order valence-electron chi connectivity index (χ0n) is 10.6. The molecule has 1 aromatic carbocycles. The molecule has 1 aliphatic heterocycles. The Bertz CT molecular complexity index is 609. The predicted octanol–water partition coefficient (Wildman–Crippen LogP) is 1.68. The summed E-state index contributed by atoms with van der Waals surface area (Å²) in [7, 11) is -3.44. The van der Waals surface area contributed by atoms with Crippen molar-refractivity contribution in [3.05, 3.63) is 30.3 Å². The third kappa shape index (κ3) is 1.49. The van der Waals surface area contributed by atoms with Crippen molar-refractivity contribution in [2.24, 2.45) is 5.92 Å². The molecule has 4 rings (SSSR count). The first-order valence-electron chi connectivity index (χ1n) is 6.81. The number of nitrogens with one attached hydrogen (secondary N) is 1. The molecule has 1 aromatic rings. The molecule has 19 heavy (non-hydrogen) atoms. The smallest absolute Gasteiger partial charge is 0.241 e. The van der Waals surface area contributed by atoms with E-state index in [1.165, 1.54) is 0 Å². The van der Waals surface area contributed by atoms with Gasteiger partial charge in [-0.3, -0.25) is 0 Å². The van der Waals surface area contributed by atoms with Gasteiger partial charge in [0.2, 0.25) is 10.0 Å². The van der Waals surface area contributed by atoms with E-state index in [2.05, 4.69) is 4.72 Å². The van der Waals surface area contributed by atoms with Crippen LogP contribution in [0.5, 0.6) is 0 Å². The van der Waals surface area contributed by atoms with Crippen LogP contribution in [0.3, 0.4) is 0 Å². The van der Waals surface area contributed by atoms with Crippen molar-refractivity contribution >= 4 is 10.0 Å². The molecule has 1 saturated heterocycles. The Hall–Kier alpha value is -0.910. The molecule has 3 fully saturated rings. The van der Waals surface area contributed by atoms with Crippen LogP contribution in [-0.2, 0) is 14.8 Å². The summed E-state index contributed by atoms with van der Waals surface area (Å²) in [5.74, 6) is 0.367. The van der Waals surface area contributed by atoms with Crippen LogP contribution < -0.4 is 4.72 Å². The minimum Gasteiger partial charge on any atom is -0.373 e. The van der Waals surface area contributed by atoms with Crippen LogP contribution >= 0.6 is 0 Å². The van der Waals surface area contributed by atoms with Crippen LogP contribution in [0.2, 0.25) is 0 Å². The molecule has 1 spiro atoms. The maximum atomic E-state index is 12.5. The molecule has 0 radical (unpaired) electrons. The Kier molecular flexibility index (Phi) is 2.25. The molecule has 102 valence electrons. The van der Waals surface area contributed by atoms with E-state index in [1.54, 1.807) is 24.3 Å². The van der Waals surface area contributed by atoms with Crippen molar-refractivity contribution in [3.63, 3.8) is 0 Å². The molecular weight excluding hydrogens is 262 g/mol. The van der Waals surface area contributed by atoms with Gasteiger partial charge in [0, 0.05) is 5.92 Å². The topological polar surface area (TPSA) is 55.4 Å². The molecule has 0 bridgehead atoms. The summed E-state index contributed by atoms with van der Waals surface area (Å²) in [6.07, 6.45) is 4.04. The molecule has 0 unspecified atom stereocenters. The highest BCUT2D eigenvalue weighted by molar-refractivity contribution is 7.89. The summed E-state index contributed by atoms with van der Waals surface area (Å²) < 4.78 is 33.8. The van der Waals surface area contributed by atoms with Crippen molar-refractivity contribution in [1.29, 1.82) is 0 Å². The lowest BCUT2D eigenvalue weighted by molar-refractivity contribution is -0.0917. The number of rotatable bonds is 3. The van der Waals surface area contributed by atoms with E-state index in [1.807, 2.05) is 6.07 Å². The minimum absolute atomic E-state index is 0.209. The highest BCUT2D eigenvalue weighted by Gasteiger charge is 2.74. The van der Waals surface area contributed by atoms with Gasteiger partial charge < -0.3 is 4.74 Å².